The predicted octanol–water partition coefficient (Wildman–Crippen LogP) is 3.36. The van der Waals surface area contributed by atoms with E-state index in [-0.39, 0.29) is 17.9 Å². The van der Waals surface area contributed by atoms with Gasteiger partial charge < -0.3 is 5.32 Å². The number of rotatable bonds is 3. The van der Waals surface area contributed by atoms with Crippen molar-refractivity contribution < 1.29 is 9.59 Å². The summed E-state index contributed by atoms with van der Waals surface area (Å²) in [6.45, 7) is 0. The Morgan fingerprint density at radius 2 is 1.77 bits per heavy atom. The monoisotopic (exact) mass is 347 g/mol. The van der Waals surface area contributed by atoms with Crippen LogP contribution in [0.5, 0.6) is 0 Å². The lowest BCUT2D eigenvalue weighted by atomic mass is 9.87. The number of aryl methyl sites for hydroxylation is 1. The molecule has 0 aromatic heterocycles. The third kappa shape index (κ3) is 3.25. The molecule has 0 saturated carbocycles. The van der Waals surface area contributed by atoms with Gasteiger partial charge in [0.1, 0.15) is 5.71 Å². The minimum absolute atomic E-state index is 0.0120. The fourth-order valence-corrected chi connectivity index (χ4v) is 3.63. The fourth-order valence-electron chi connectivity index (χ4n) is 3.63. The van der Waals surface area contributed by atoms with E-state index in [1.54, 1.807) is 0 Å². The average molecular weight is 347 g/mol. The van der Waals surface area contributed by atoms with Gasteiger partial charge in [-0.25, -0.2) is 5.01 Å². The lowest BCUT2D eigenvalue weighted by Crippen LogP contribution is -2.41. The summed E-state index contributed by atoms with van der Waals surface area (Å²) in [5, 5.41) is 8.81. The normalized spacial score (nSPS) is 19.5. The minimum atomic E-state index is -0.180. The first-order chi connectivity index (χ1) is 12.7. The van der Waals surface area contributed by atoms with Crippen LogP contribution in [-0.4, -0.2) is 17.5 Å². The topological polar surface area (TPSA) is 61.8 Å². The van der Waals surface area contributed by atoms with Crippen LogP contribution in [0.2, 0.25) is 0 Å². The highest BCUT2D eigenvalue weighted by Crippen LogP contribution is 2.29. The molecule has 1 aliphatic heterocycles. The van der Waals surface area contributed by atoms with Crippen molar-refractivity contribution in [3.05, 3.63) is 65.7 Å². The van der Waals surface area contributed by atoms with E-state index >= 15 is 0 Å². The van der Waals surface area contributed by atoms with Crippen LogP contribution in [-0.2, 0) is 16.0 Å². The van der Waals surface area contributed by atoms with E-state index < -0.39 is 0 Å². The zero-order valence-corrected chi connectivity index (χ0v) is 14.5. The molecule has 5 heteroatoms. The molecular weight excluding hydrogens is 326 g/mol. The Hall–Kier alpha value is -2.95. The van der Waals surface area contributed by atoms with Gasteiger partial charge in [-0.3, -0.25) is 9.59 Å². The van der Waals surface area contributed by atoms with Crippen LogP contribution < -0.4 is 10.3 Å². The Kier molecular flexibility index (Phi) is 4.52. The Balaban J connectivity index is 1.54. The first kappa shape index (κ1) is 16.5. The van der Waals surface area contributed by atoms with Gasteiger partial charge >= 0.3 is 0 Å². The second-order valence-electron chi connectivity index (χ2n) is 6.70. The third-order valence-electron chi connectivity index (χ3n) is 4.97. The van der Waals surface area contributed by atoms with Crippen molar-refractivity contribution in [2.24, 2.45) is 5.10 Å². The van der Waals surface area contributed by atoms with E-state index in [9.17, 15) is 9.59 Å². The maximum Gasteiger partial charge on any atom is 0.267 e. The molecule has 0 saturated heterocycles. The molecule has 2 amide bonds. The molecule has 1 aliphatic carbocycles. The molecule has 1 N–H and O–H groups in total. The van der Waals surface area contributed by atoms with Crippen molar-refractivity contribution in [2.75, 3.05) is 5.01 Å². The third-order valence-corrected chi connectivity index (χ3v) is 4.97. The molecule has 2 aromatic rings. The minimum Gasteiger partial charge on any atom is -0.344 e. The number of carbonyl (C=O) groups excluding carboxylic acids is 2. The number of para-hydroxylation sites is 1. The summed E-state index contributed by atoms with van der Waals surface area (Å²) in [6, 6.07) is 17.5. The molecule has 5 nitrogen and oxygen atoms in total. The molecule has 1 heterocycles. The summed E-state index contributed by atoms with van der Waals surface area (Å²) in [5.74, 6) is -0.268. The van der Waals surface area contributed by atoms with Gasteiger partial charge in [-0.1, -0.05) is 42.5 Å². The highest BCUT2D eigenvalue weighted by molar-refractivity contribution is 6.40. The van der Waals surface area contributed by atoms with Crippen LogP contribution in [0.1, 0.15) is 42.9 Å². The lowest BCUT2D eigenvalue weighted by Gasteiger charge is -2.28. The molecule has 4 rings (SSSR count). The number of carbonyl (C=O) groups is 2. The molecule has 0 spiro atoms. The lowest BCUT2D eigenvalue weighted by molar-refractivity contribution is -0.119. The maximum atomic E-state index is 12.8. The SMILES string of the molecule is O=C(N[C@@H]1CCCc2ccccc21)C1=NN(c2ccccc2)C(=O)CC1. The van der Waals surface area contributed by atoms with Gasteiger partial charge in [0.2, 0.25) is 5.91 Å². The number of anilines is 1. The molecule has 0 radical (unpaired) electrons. The molecule has 0 unspecified atom stereocenters. The summed E-state index contributed by atoms with van der Waals surface area (Å²) in [6.07, 6.45) is 3.71. The van der Waals surface area contributed by atoms with E-state index in [1.165, 1.54) is 16.1 Å². The van der Waals surface area contributed by atoms with Crippen molar-refractivity contribution >= 4 is 23.2 Å². The highest BCUT2D eigenvalue weighted by Gasteiger charge is 2.28. The quantitative estimate of drug-likeness (QED) is 0.925. The van der Waals surface area contributed by atoms with Crippen LogP contribution in [0.4, 0.5) is 5.69 Å². The van der Waals surface area contributed by atoms with Crippen molar-refractivity contribution in [1.82, 2.24) is 5.32 Å². The van der Waals surface area contributed by atoms with Crippen molar-refractivity contribution in [1.29, 1.82) is 0 Å². The zero-order valence-electron chi connectivity index (χ0n) is 14.5. The fraction of sp³-hybridized carbons (Fsp3) is 0.286. The zero-order chi connectivity index (χ0) is 17.9. The largest absolute Gasteiger partial charge is 0.344 e. The molecule has 2 aliphatic rings. The summed E-state index contributed by atoms with van der Waals surface area (Å²) in [4.78, 5) is 25.0. The van der Waals surface area contributed by atoms with Crippen LogP contribution >= 0.6 is 0 Å². The number of benzene rings is 2. The highest BCUT2D eigenvalue weighted by atomic mass is 16.2. The number of hydrazone groups is 1. The second-order valence-corrected chi connectivity index (χ2v) is 6.70. The van der Waals surface area contributed by atoms with Gasteiger partial charge in [-0.05, 0) is 42.5 Å². The predicted molar refractivity (Wildman–Crippen MR) is 101 cm³/mol. The summed E-state index contributed by atoms with van der Waals surface area (Å²) in [5.41, 5.74) is 3.59. The summed E-state index contributed by atoms with van der Waals surface area (Å²) >= 11 is 0. The van der Waals surface area contributed by atoms with E-state index in [4.69, 9.17) is 0 Å². The first-order valence-electron chi connectivity index (χ1n) is 9.06. The molecule has 0 fully saturated rings. The van der Waals surface area contributed by atoms with E-state index in [1.807, 2.05) is 42.5 Å². The van der Waals surface area contributed by atoms with Gasteiger partial charge in [0.25, 0.3) is 5.91 Å². The molecule has 0 bridgehead atoms. The van der Waals surface area contributed by atoms with Gasteiger partial charge in [0.15, 0.2) is 0 Å². The van der Waals surface area contributed by atoms with Gasteiger partial charge in [0.05, 0.1) is 11.7 Å². The first-order valence-corrected chi connectivity index (χ1v) is 9.06. The Morgan fingerprint density at radius 1 is 1.00 bits per heavy atom. The van der Waals surface area contributed by atoms with Crippen molar-refractivity contribution in [3.8, 4) is 0 Å². The number of hydrogen-bond donors (Lipinski definition) is 1. The standard InChI is InChI=1S/C21H21N3O2/c25-20-14-13-19(23-24(20)16-9-2-1-3-10-16)21(26)22-18-12-6-8-15-7-4-5-11-17(15)18/h1-5,7,9-11,18H,6,8,12-14H2,(H,22,26)/t18-/m1/s1. The van der Waals surface area contributed by atoms with Crippen LogP contribution in [0.25, 0.3) is 0 Å². The smallest absolute Gasteiger partial charge is 0.267 e. The van der Waals surface area contributed by atoms with Gasteiger partial charge in [0, 0.05) is 12.8 Å². The Labute approximate surface area is 152 Å². The number of amides is 2. The van der Waals surface area contributed by atoms with E-state index in [0.29, 0.717) is 24.2 Å². The van der Waals surface area contributed by atoms with Crippen molar-refractivity contribution in [2.45, 2.75) is 38.1 Å². The molecule has 26 heavy (non-hydrogen) atoms. The summed E-state index contributed by atoms with van der Waals surface area (Å²) < 4.78 is 0. The molecule has 1 atom stereocenters. The number of hydrogen-bond acceptors (Lipinski definition) is 3. The second kappa shape index (κ2) is 7.12. The van der Waals surface area contributed by atoms with E-state index in [0.717, 1.165) is 19.3 Å². The Bertz CT molecular complexity index is 861. The number of nitrogens with zero attached hydrogens (tertiary/aromatic N) is 2. The number of nitrogens with one attached hydrogen (secondary N) is 1. The molecule has 2 aromatic carbocycles. The van der Waals surface area contributed by atoms with Crippen LogP contribution in [0, 0.1) is 0 Å². The molecular formula is C21H21N3O2. The maximum absolute atomic E-state index is 12.8. The van der Waals surface area contributed by atoms with Crippen LogP contribution in [0.3, 0.4) is 0 Å². The average Bonchev–Trinajstić information content (AvgIpc) is 2.69. The van der Waals surface area contributed by atoms with Crippen molar-refractivity contribution in [3.63, 3.8) is 0 Å². The van der Waals surface area contributed by atoms with Gasteiger partial charge in [-0.2, -0.15) is 5.10 Å². The molecule has 132 valence electrons. The van der Waals surface area contributed by atoms with Gasteiger partial charge in [-0.15, -0.1) is 0 Å². The number of fused-ring (bicyclic) bond motifs is 1. The summed E-state index contributed by atoms with van der Waals surface area (Å²) in [7, 11) is 0. The Morgan fingerprint density at radius 3 is 2.62 bits per heavy atom. The van der Waals surface area contributed by atoms with E-state index in [2.05, 4.69) is 22.6 Å². The van der Waals surface area contributed by atoms with Crippen LogP contribution in [0.15, 0.2) is 59.7 Å².